The molecule has 4 rings (SSSR count). The smallest absolute Gasteiger partial charge is 0.323 e. The minimum Gasteiger partial charge on any atom is -0.372 e. The van der Waals surface area contributed by atoms with Crippen molar-refractivity contribution in [3.63, 3.8) is 0 Å². The first-order chi connectivity index (χ1) is 12.1. The summed E-state index contributed by atoms with van der Waals surface area (Å²) in [6.07, 6.45) is 1.97. The van der Waals surface area contributed by atoms with Gasteiger partial charge in [-0.25, -0.2) is 4.79 Å². The van der Waals surface area contributed by atoms with Crippen molar-refractivity contribution in [2.75, 3.05) is 23.8 Å². The highest BCUT2D eigenvalue weighted by molar-refractivity contribution is 6.33. The molecule has 2 aliphatic heterocycles. The van der Waals surface area contributed by atoms with Crippen molar-refractivity contribution in [1.82, 2.24) is 5.32 Å². The molecule has 5 nitrogen and oxygen atoms in total. The van der Waals surface area contributed by atoms with Crippen molar-refractivity contribution in [3.8, 4) is 0 Å². The fourth-order valence-corrected chi connectivity index (χ4v) is 3.72. The lowest BCUT2D eigenvalue weighted by molar-refractivity contribution is -0.00521. The molecule has 0 aromatic heterocycles. The number of carbonyl (C=O) groups excluding carboxylic acids is 1. The predicted octanol–water partition coefficient (Wildman–Crippen LogP) is 3.66. The number of morpholine rings is 1. The van der Waals surface area contributed by atoms with Gasteiger partial charge < -0.3 is 20.7 Å². The molecule has 2 amide bonds. The van der Waals surface area contributed by atoms with Gasteiger partial charge in [0.1, 0.15) is 0 Å². The first-order valence-electron chi connectivity index (χ1n) is 8.41. The molecular weight excluding hydrogens is 338 g/mol. The molecule has 2 aliphatic rings. The molecule has 0 radical (unpaired) electrons. The van der Waals surface area contributed by atoms with Gasteiger partial charge in [0.15, 0.2) is 0 Å². The topological polar surface area (TPSA) is 62.4 Å². The number of halogens is 1. The molecule has 130 valence electrons. The van der Waals surface area contributed by atoms with Gasteiger partial charge in [-0.2, -0.15) is 0 Å². The molecule has 0 unspecified atom stereocenters. The van der Waals surface area contributed by atoms with Gasteiger partial charge in [0, 0.05) is 24.7 Å². The van der Waals surface area contributed by atoms with Gasteiger partial charge in [0.2, 0.25) is 0 Å². The number of para-hydroxylation sites is 1. The number of ether oxygens (including phenoxy) is 1. The molecule has 2 aromatic carbocycles. The maximum atomic E-state index is 12.1. The zero-order valence-electron chi connectivity index (χ0n) is 13.7. The van der Waals surface area contributed by atoms with E-state index in [1.54, 1.807) is 12.1 Å². The summed E-state index contributed by atoms with van der Waals surface area (Å²) in [7, 11) is 0. The zero-order valence-corrected chi connectivity index (χ0v) is 14.5. The third-order valence-electron chi connectivity index (χ3n) is 4.78. The van der Waals surface area contributed by atoms with Crippen molar-refractivity contribution in [2.24, 2.45) is 0 Å². The molecule has 0 spiro atoms. The van der Waals surface area contributed by atoms with Crippen molar-refractivity contribution >= 4 is 29.0 Å². The van der Waals surface area contributed by atoms with E-state index in [1.807, 2.05) is 36.4 Å². The van der Waals surface area contributed by atoms with E-state index in [1.165, 1.54) is 5.56 Å². The van der Waals surface area contributed by atoms with Gasteiger partial charge >= 0.3 is 6.03 Å². The third kappa shape index (κ3) is 3.63. The van der Waals surface area contributed by atoms with Crippen LogP contribution >= 0.6 is 11.6 Å². The van der Waals surface area contributed by atoms with Crippen molar-refractivity contribution in [3.05, 3.63) is 59.1 Å². The van der Waals surface area contributed by atoms with Crippen molar-refractivity contribution in [1.29, 1.82) is 0 Å². The number of carbonyl (C=O) groups is 1. The summed E-state index contributed by atoms with van der Waals surface area (Å²) in [6, 6.07) is 15.2. The van der Waals surface area contributed by atoms with E-state index < -0.39 is 0 Å². The van der Waals surface area contributed by atoms with Crippen LogP contribution in [0.3, 0.4) is 0 Å². The Balaban J connectivity index is 1.36. The Morgan fingerprint density at radius 3 is 2.64 bits per heavy atom. The molecule has 2 heterocycles. The summed E-state index contributed by atoms with van der Waals surface area (Å²) in [5.74, 6) is 0. The Kier molecular flexibility index (Phi) is 4.37. The van der Waals surface area contributed by atoms with Crippen LogP contribution in [0.25, 0.3) is 0 Å². The molecule has 2 fully saturated rings. The lowest BCUT2D eigenvalue weighted by Crippen LogP contribution is -2.40. The summed E-state index contributed by atoms with van der Waals surface area (Å²) in [4.78, 5) is 12.1. The largest absolute Gasteiger partial charge is 0.372 e. The number of amides is 2. The zero-order chi connectivity index (χ0) is 17.3. The second-order valence-electron chi connectivity index (χ2n) is 6.71. The molecule has 2 atom stereocenters. The lowest BCUT2D eigenvalue weighted by Gasteiger charge is -2.26. The maximum absolute atomic E-state index is 12.1. The molecule has 2 saturated heterocycles. The van der Waals surface area contributed by atoms with Gasteiger partial charge in [-0.3, -0.25) is 0 Å². The van der Waals surface area contributed by atoms with Crippen molar-refractivity contribution in [2.45, 2.75) is 24.5 Å². The van der Waals surface area contributed by atoms with Crippen LogP contribution in [0, 0.1) is 0 Å². The Morgan fingerprint density at radius 1 is 1.20 bits per heavy atom. The SMILES string of the molecule is O=C(Nc1ccc(C[C@]23CN[C@H](CO2)C3)cc1)Nc1ccccc1Cl. The minimum absolute atomic E-state index is 0.0545. The molecule has 25 heavy (non-hydrogen) atoms. The van der Waals surface area contributed by atoms with Gasteiger partial charge in [-0.1, -0.05) is 35.9 Å². The van der Waals surface area contributed by atoms with E-state index in [9.17, 15) is 4.79 Å². The molecule has 0 aliphatic carbocycles. The quantitative estimate of drug-likeness (QED) is 0.782. The maximum Gasteiger partial charge on any atom is 0.323 e. The highest BCUT2D eigenvalue weighted by atomic mass is 35.5. The summed E-state index contributed by atoms with van der Waals surface area (Å²) < 4.78 is 5.96. The van der Waals surface area contributed by atoms with Crippen LogP contribution in [0.4, 0.5) is 16.2 Å². The highest BCUT2D eigenvalue weighted by Gasteiger charge is 2.45. The number of anilines is 2. The standard InChI is InChI=1S/C19H20ClN3O2/c20-16-3-1-2-4-17(16)23-18(24)22-14-7-5-13(6-8-14)9-19-10-15(11-25-19)21-12-19/h1-8,15,21H,9-12H2,(H2,22,23,24)/t15-,19-/m0/s1. The van der Waals surface area contributed by atoms with Gasteiger partial charge in [0.25, 0.3) is 0 Å². The number of fused-ring (bicyclic) bond motifs is 2. The van der Waals surface area contributed by atoms with E-state index in [4.69, 9.17) is 16.3 Å². The van der Waals surface area contributed by atoms with Crippen molar-refractivity contribution < 1.29 is 9.53 Å². The number of nitrogens with one attached hydrogen (secondary N) is 3. The van der Waals surface area contributed by atoms with E-state index in [2.05, 4.69) is 16.0 Å². The Bertz CT molecular complexity index is 770. The van der Waals surface area contributed by atoms with Gasteiger partial charge in [-0.05, 0) is 36.2 Å². The number of benzene rings is 2. The second-order valence-corrected chi connectivity index (χ2v) is 7.12. The van der Waals surface area contributed by atoms with Gasteiger partial charge in [-0.15, -0.1) is 0 Å². The van der Waals surface area contributed by atoms with Crippen LogP contribution in [0.5, 0.6) is 0 Å². The van der Waals surface area contributed by atoms with Crippen LogP contribution < -0.4 is 16.0 Å². The molecule has 2 bridgehead atoms. The number of hydrogen-bond donors (Lipinski definition) is 3. The molecular formula is C19H20ClN3O2. The fourth-order valence-electron chi connectivity index (χ4n) is 3.54. The van der Waals surface area contributed by atoms with E-state index >= 15 is 0 Å². The predicted molar refractivity (Wildman–Crippen MR) is 99.3 cm³/mol. The van der Waals surface area contributed by atoms with Crippen LogP contribution in [0.2, 0.25) is 5.02 Å². The average molecular weight is 358 g/mol. The van der Waals surface area contributed by atoms with Crippen LogP contribution in [0.1, 0.15) is 12.0 Å². The first kappa shape index (κ1) is 16.4. The minimum atomic E-state index is -0.318. The molecule has 2 aromatic rings. The van der Waals surface area contributed by atoms with E-state index in [0.29, 0.717) is 16.8 Å². The normalized spacial score (nSPS) is 24.3. The molecule has 3 N–H and O–H groups in total. The van der Waals surface area contributed by atoms with E-state index in [0.717, 1.165) is 31.7 Å². The highest BCUT2D eigenvalue weighted by Crippen LogP contribution is 2.34. The molecule has 6 heteroatoms. The average Bonchev–Trinajstić information content (AvgIpc) is 3.19. The Labute approximate surface area is 151 Å². The number of urea groups is 1. The lowest BCUT2D eigenvalue weighted by atomic mass is 9.93. The van der Waals surface area contributed by atoms with Gasteiger partial charge in [0.05, 0.1) is 22.9 Å². The third-order valence-corrected chi connectivity index (χ3v) is 5.11. The monoisotopic (exact) mass is 357 g/mol. The van der Waals surface area contributed by atoms with E-state index in [-0.39, 0.29) is 11.6 Å². The second kappa shape index (κ2) is 6.67. The summed E-state index contributed by atoms with van der Waals surface area (Å²) in [6.45, 7) is 1.72. The number of rotatable bonds is 4. The fraction of sp³-hybridized carbons (Fsp3) is 0.316. The summed E-state index contributed by atoms with van der Waals surface area (Å²) in [5, 5.41) is 9.55. The Morgan fingerprint density at radius 2 is 2.00 bits per heavy atom. The molecule has 0 saturated carbocycles. The summed E-state index contributed by atoms with van der Waals surface area (Å²) >= 11 is 6.04. The number of hydrogen-bond acceptors (Lipinski definition) is 3. The first-order valence-corrected chi connectivity index (χ1v) is 8.79. The van der Waals surface area contributed by atoms with Crippen LogP contribution in [0.15, 0.2) is 48.5 Å². The van der Waals surface area contributed by atoms with Crippen LogP contribution in [-0.4, -0.2) is 30.8 Å². The van der Waals surface area contributed by atoms with Crippen LogP contribution in [-0.2, 0) is 11.2 Å². The Hall–Kier alpha value is -2.08. The summed E-state index contributed by atoms with van der Waals surface area (Å²) in [5.41, 5.74) is 2.47.